The van der Waals surface area contributed by atoms with E-state index in [1.807, 2.05) is 84.9 Å². The van der Waals surface area contributed by atoms with E-state index in [1.165, 1.54) is 0 Å². The maximum atomic E-state index is 13.7. The third kappa shape index (κ3) is 4.23. The fraction of sp³-hybridized carbons (Fsp3) is 0.0882. The van der Waals surface area contributed by atoms with E-state index in [2.05, 4.69) is 15.1 Å². The third-order valence-corrected chi connectivity index (χ3v) is 7.61. The zero-order valence-electron chi connectivity index (χ0n) is 23.4. The fourth-order valence-electron chi connectivity index (χ4n) is 5.58. The molecule has 0 spiro atoms. The first-order valence-electron chi connectivity index (χ1n) is 13.9. The lowest BCUT2D eigenvalue weighted by atomic mass is 9.84. The minimum atomic E-state index is -0.677. The van der Waals surface area contributed by atoms with E-state index in [9.17, 15) is 4.79 Å². The minimum absolute atomic E-state index is 0.314. The lowest BCUT2D eigenvalue weighted by molar-refractivity contribution is 0.284. The van der Waals surface area contributed by atoms with Gasteiger partial charge in [-0.1, -0.05) is 54.6 Å². The van der Waals surface area contributed by atoms with Crippen molar-refractivity contribution in [1.82, 2.24) is 24.6 Å². The molecular weight excluding hydrogens is 558 g/mol. The number of pyridine rings is 1. The van der Waals surface area contributed by atoms with Gasteiger partial charge in [0.05, 0.1) is 29.5 Å². The summed E-state index contributed by atoms with van der Waals surface area (Å²) in [6, 6.07) is 28.3. The Balaban J connectivity index is 1.33. The number of methoxy groups -OCH3 is 1. The summed E-state index contributed by atoms with van der Waals surface area (Å²) in [6.45, 7) is 0.371. The molecule has 1 unspecified atom stereocenters. The van der Waals surface area contributed by atoms with Crippen molar-refractivity contribution >= 4 is 16.6 Å². The van der Waals surface area contributed by atoms with Gasteiger partial charge in [-0.05, 0) is 47.5 Å². The number of hydrogen-bond acceptors (Lipinski definition) is 9. The summed E-state index contributed by atoms with van der Waals surface area (Å²) < 4.78 is 25.7. The number of para-hydroxylation sites is 1. The van der Waals surface area contributed by atoms with Crippen LogP contribution in [0.4, 0.5) is 0 Å². The predicted octanol–water partition coefficient (Wildman–Crippen LogP) is 6.17. The van der Waals surface area contributed by atoms with Crippen LogP contribution in [0.1, 0.15) is 28.2 Å². The Morgan fingerprint density at radius 3 is 2.57 bits per heavy atom. The highest BCUT2D eigenvalue weighted by Crippen LogP contribution is 2.49. The highest BCUT2D eigenvalue weighted by atomic mass is 16.5. The Bertz CT molecular complexity index is 2230. The van der Waals surface area contributed by atoms with Gasteiger partial charge in [0.25, 0.3) is 0 Å². The van der Waals surface area contributed by atoms with Crippen molar-refractivity contribution in [2.24, 2.45) is 0 Å². The van der Waals surface area contributed by atoms with Crippen LogP contribution >= 0.6 is 0 Å². The highest BCUT2D eigenvalue weighted by molar-refractivity contribution is 5.87. The van der Waals surface area contributed by atoms with Crippen molar-refractivity contribution < 1.29 is 18.6 Å². The summed E-state index contributed by atoms with van der Waals surface area (Å²) in [5, 5.41) is 5.28. The number of hydrogen-bond donors (Lipinski definition) is 0. The van der Waals surface area contributed by atoms with Crippen LogP contribution in [0.2, 0.25) is 0 Å². The standard InChI is InChI=1S/C34H23N5O5/c1-41-26-17-21(14-15-25(26)42-18-20-9-3-2-4-10-20)27-28-30(22-11-5-6-13-24(22)43-34(28)40)44-33-29(27)32-37-31(38-39(32)19-36-33)23-12-7-8-16-35-23/h2-17,19,27H,18H2,1H3. The van der Waals surface area contributed by atoms with Gasteiger partial charge in [0.2, 0.25) is 11.7 Å². The van der Waals surface area contributed by atoms with Gasteiger partial charge >= 0.3 is 5.63 Å². The van der Waals surface area contributed by atoms with Gasteiger partial charge < -0.3 is 18.6 Å². The first-order valence-corrected chi connectivity index (χ1v) is 13.9. The van der Waals surface area contributed by atoms with Crippen molar-refractivity contribution in [2.75, 3.05) is 7.11 Å². The molecule has 0 fully saturated rings. The number of fused-ring (bicyclic) bond motifs is 6. The molecule has 7 aromatic rings. The summed E-state index contributed by atoms with van der Waals surface area (Å²) in [4.78, 5) is 27.6. The molecule has 44 heavy (non-hydrogen) atoms. The maximum absolute atomic E-state index is 13.7. The number of ether oxygens (including phenoxy) is 3. The van der Waals surface area contributed by atoms with Crippen LogP contribution in [0.25, 0.3) is 28.1 Å². The Morgan fingerprint density at radius 1 is 0.886 bits per heavy atom. The van der Waals surface area contributed by atoms with Gasteiger partial charge in [-0.3, -0.25) is 4.98 Å². The van der Waals surface area contributed by atoms with Crippen molar-refractivity contribution in [3.05, 3.63) is 136 Å². The zero-order valence-corrected chi connectivity index (χ0v) is 23.4. The average Bonchev–Trinajstić information content (AvgIpc) is 3.52. The van der Waals surface area contributed by atoms with E-state index in [4.69, 9.17) is 23.6 Å². The van der Waals surface area contributed by atoms with Crippen molar-refractivity contribution in [3.63, 3.8) is 0 Å². The monoisotopic (exact) mass is 581 g/mol. The van der Waals surface area contributed by atoms with E-state index < -0.39 is 11.5 Å². The van der Waals surface area contributed by atoms with Crippen molar-refractivity contribution in [2.45, 2.75) is 12.5 Å². The summed E-state index contributed by atoms with van der Waals surface area (Å²) in [5.41, 5.74) is 3.63. The molecule has 214 valence electrons. The molecule has 0 amide bonds. The summed E-state index contributed by atoms with van der Waals surface area (Å²) in [6.07, 6.45) is 3.23. The van der Waals surface area contributed by atoms with Gasteiger partial charge in [0, 0.05) is 6.20 Å². The van der Waals surface area contributed by atoms with Gasteiger partial charge in [-0.25, -0.2) is 19.3 Å². The molecule has 0 N–H and O–H groups in total. The smallest absolute Gasteiger partial charge is 0.344 e. The summed E-state index contributed by atoms with van der Waals surface area (Å²) in [5.74, 6) is 1.51. The molecule has 0 aliphatic carbocycles. The van der Waals surface area contributed by atoms with Crippen LogP contribution in [-0.4, -0.2) is 31.7 Å². The van der Waals surface area contributed by atoms with Crippen LogP contribution in [0.15, 0.2) is 113 Å². The molecule has 1 atom stereocenters. The van der Waals surface area contributed by atoms with E-state index in [0.717, 1.165) is 11.1 Å². The predicted molar refractivity (Wildman–Crippen MR) is 161 cm³/mol. The maximum Gasteiger partial charge on any atom is 0.344 e. The second kappa shape index (κ2) is 10.4. The lowest BCUT2D eigenvalue weighted by Gasteiger charge is -2.27. The molecule has 1 aliphatic heterocycles. The molecule has 3 aromatic carbocycles. The van der Waals surface area contributed by atoms with Crippen LogP contribution < -0.4 is 19.8 Å². The molecule has 10 nitrogen and oxygen atoms in total. The van der Waals surface area contributed by atoms with Crippen LogP contribution in [0.3, 0.4) is 0 Å². The molecule has 0 saturated carbocycles. The molecule has 0 bridgehead atoms. The molecule has 4 aromatic heterocycles. The number of rotatable bonds is 6. The zero-order chi connectivity index (χ0) is 29.6. The Morgan fingerprint density at radius 2 is 1.73 bits per heavy atom. The second-order valence-electron chi connectivity index (χ2n) is 10.2. The number of nitrogens with zero attached hydrogens (tertiary/aromatic N) is 5. The molecule has 10 heteroatoms. The Kier molecular flexibility index (Phi) is 6.04. The van der Waals surface area contributed by atoms with Crippen molar-refractivity contribution in [3.8, 4) is 34.6 Å². The first-order chi connectivity index (χ1) is 21.7. The Hall–Kier alpha value is -6.03. The number of aromatic nitrogens is 5. The van der Waals surface area contributed by atoms with E-state index in [0.29, 0.717) is 69.0 Å². The topological polar surface area (TPSA) is 114 Å². The first kappa shape index (κ1) is 25.7. The largest absolute Gasteiger partial charge is 0.493 e. The van der Waals surface area contributed by atoms with Gasteiger partial charge in [-0.15, -0.1) is 5.10 Å². The quantitative estimate of drug-likeness (QED) is 0.213. The van der Waals surface area contributed by atoms with Gasteiger partial charge in [0.15, 0.2) is 22.9 Å². The highest BCUT2D eigenvalue weighted by Gasteiger charge is 2.38. The van der Waals surface area contributed by atoms with Crippen LogP contribution in [0, 0.1) is 0 Å². The minimum Gasteiger partial charge on any atom is -0.493 e. The van der Waals surface area contributed by atoms with Gasteiger partial charge in [0.1, 0.15) is 24.2 Å². The van der Waals surface area contributed by atoms with Crippen LogP contribution in [-0.2, 0) is 6.61 Å². The summed E-state index contributed by atoms with van der Waals surface area (Å²) in [7, 11) is 1.58. The van der Waals surface area contributed by atoms with Crippen molar-refractivity contribution in [1.29, 1.82) is 0 Å². The Labute approximate surface area is 250 Å². The van der Waals surface area contributed by atoms with Crippen LogP contribution in [0.5, 0.6) is 23.1 Å². The third-order valence-electron chi connectivity index (χ3n) is 7.61. The summed E-state index contributed by atoms with van der Waals surface area (Å²) >= 11 is 0. The van der Waals surface area contributed by atoms with E-state index in [1.54, 1.807) is 30.2 Å². The lowest BCUT2D eigenvalue weighted by Crippen LogP contribution is -2.22. The molecule has 5 heterocycles. The average molecular weight is 582 g/mol. The fourth-order valence-corrected chi connectivity index (χ4v) is 5.58. The molecule has 0 radical (unpaired) electrons. The molecule has 8 rings (SSSR count). The molecular formula is C34H23N5O5. The molecule has 0 saturated heterocycles. The SMILES string of the molecule is COc1cc(C2c3c(c4ccccc4oc3=O)Oc3ncn4nc(-c5ccccn5)nc4c32)ccc1OCc1ccccc1. The van der Waals surface area contributed by atoms with E-state index in [-0.39, 0.29) is 0 Å². The van der Waals surface area contributed by atoms with Gasteiger partial charge in [-0.2, -0.15) is 0 Å². The van der Waals surface area contributed by atoms with E-state index >= 15 is 0 Å². The second-order valence-corrected chi connectivity index (χ2v) is 10.2. The molecule has 1 aliphatic rings. The number of benzene rings is 3. The normalized spacial score (nSPS) is 13.7.